The van der Waals surface area contributed by atoms with Crippen LogP contribution < -0.4 is 5.73 Å². The molecule has 0 saturated carbocycles. The van der Waals surface area contributed by atoms with Gasteiger partial charge in [-0.1, -0.05) is 6.92 Å². The van der Waals surface area contributed by atoms with E-state index < -0.39 is 48.0 Å². The number of aromatic nitrogens is 4. The fourth-order valence-electron chi connectivity index (χ4n) is 3.07. The number of nitrogen functional groups attached to an aromatic ring is 1. The van der Waals surface area contributed by atoms with Gasteiger partial charge in [-0.3, -0.25) is 4.52 Å². The van der Waals surface area contributed by atoms with Gasteiger partial charge in [0.2, 0.25) is 5.85 Å². The Kier molecular flexibility index (Phi) is 6.93. The van der Waals surface area contributed by atoms with E-state index in [2.05, 4.69) is 28.1 Å². The summed E-state index contributed by atoms with van der Waals surface area (Å²) in [4.78, 5) is 47.6. The van der Waals surface area contributed by atoms with E-state index in [9.17, 15) is 18.6 Å². The Morgan fingerprint density at radius 3 is 2.56 bits per heavy atom. The van der Waals surface area contributed by atoms with Crippen LogP contribution in [0.15, 0.2) is 12.7 Å². The Balaban J connectivity index is 1.63. The summed E-state index contributed by atoms with van der Waals surface area (Å²) in [6, 6.07) is 0. The number of phosphoric acid groups is 3. The number of halogens is 1. The molecule has 4 unspecified atom stereocenters. The van der Waals surface area contributed by atoms with Gasteiger partial charge < -0.3 is 34.6 Å². The number of imidazole rings is 1. The van der Waals surface area contributed by atoms with E-state index in [1.807, 2.05) is 0 Å². The largest absolute Gasteiger partial charge is 0.490 e. The van der Waals surface area contributed by atoms with Gasteiger partial charge in [-0.15, -0.1) is 0 Å². The first kappa shape index (κ1) is 25.3. The molecule has 1 aliphatic rings. The van der Waals surface area contributed by atoms with Gasteiger partial charge in [0.15, 0.2) is 11.5 Å². The van der Waals surface area contributed by atoms with Crippen molar-refractivity contribution in [3.05, 3.63) is 12.7 Å². The van der Waals surface area contributed by atoms with Crippen LogP contribution in [-0.4, -0.2) is 57.7 Å². The fourth-order valence-corrected chi connectivity index (χ4v) is 6.12. The molecule has 0 bridgehead atoms. The summed E-state index contributed by atoms with van der Waals surface area (Å²) in [6.45, 7) is 0.547. The molecule has 16 nitrogen and oxygen atoms in total. The number of rotatable bonds is 9. The van der Waals surface area contributed by atoms with Crippen molar-refractivity contribution in [2.24, 2.45) is 5.92 Å². The summed E-state index contributed by atoms with van der Waals surface area (Å²) >= 11 is 0. The maximum Gasteiger partial charge on any atom is 0.490 e. The van der Waals surface area contributed by atoms with Crippen molar-refractivity contribution < 1.29 is 55.5 Å². The van der Waals surface area contributed by atoms with Crippen LogP contribution in [0.2, 0.25) is 0 Å². The standard InChI is InChI=1S/C12H19FN5O11P3/c1-7-2-12(13,4-26-31(22,23)29-32(24,25)28-30(19,20)21)27-8(7)3-18-6-17-9-10(14)15-5-16-11(9)18/h5-8H,2-4H2,1H3,(H,22,23)(H,24,25)(H2,14,15,16)(H2,19,20,21)/t7?,8?,12-/m0/s1. The molecule has 3 rings (SSSR count). The van der Waals surface area contributed by atoms with Crippen molar-refractivity contribution in [1.82, 2.24) is 19.5 Å². The van der Waals surface area contributed by atoms with E-state index in [0.29, 0.717) is 11.2 Å². The number of nitrogens with two attached hydrogens (primary N) is 1. The zero-order chi connectivity index (χ0) is 23.9. The van der Waals surface area contributed by atoms with E-state index in [0.717, 1.165) is 0 Å². The van der Waals surface area contributed by atoms with Gasteiger partial charge in [-0.2, -0.15) is 8.62 Å². The summed E-state index contributed by atoms with van der Waals surface area (Å²) in [5.41, 5.74) is 6.45. The fraction of sp³-hybridized carbons (Fsp3) is 0.583. The number of hydrogen-bond donors (Lipinski definition) is 5. The maximum absolute atomic E-state index is 15.1. The molecule has 0 aromatic carbocycles. The van der Waals surface area contributed by atoms with Crippen LogP contribution in [0, 0.1) is 5.92 Å². The molecule has 6 N–H and O–H groups in total. The summed E-state index contributed by atoms with van der Waals surface area (Å²) in [5.74, 6) is -2.84. The SMILES string of the molecule is CC1C[C@@](F)(COP(=O)(O)OP(=O)(O)OP(=O)(O)O)OC1Cn1cnc2c(N)ncnc21. The van der Waals surface area contributed by atoms with Gasteiger partial charge in [0.1, 0.15) is 18.5 Å². The highest BCUT2D eigenvalue weighted by Gasteiger charge is 2.48. The highest BCUT2D eigenvalue weighted by Crippen LogP contribution is 2.66. The number of phosphoric ester groups is 1. The number of anilines is 1. The lowest BCUT2D eigenvalue weighted by Crippen LogP contribution is -2.30. The Morgan fingerprint density at radius 2 is 1.91 bits per heavy atom. The first-order chi connectivity index (χ1) is 14.6. The van der Waals surface area contributed by atoms with E-state index >= 15 is 4.39 Å². The molecule has 5 atom stereocenters. The molecule has 2 aromatic heterocycles. The average Bonchev–Trinajstić information content (AvgIpc) is 3.13. The Morgan fingerprint density at radius 1 is 1.22 bits per heavy atom. The van der Waals surface area contributed by atoms with Crippen LogP contribution in [0.1, 0.15) is 13.3 Å². The molecule has 20 heteroatoms. The maximum atomic E-state index is 15.1. The van der Waals surface area contributed by atoms with Crippen molar-refractivity contribution in [2.45, 2.75) is 31.8 Å². The lowest BCUT2D eigenvalue weighted by molar-refractivity contribution is -0.160. The van der Waals surface area contributed by atoms with Crippen LogP contribution in [0.3, 0.4) is 0 Å². The van der Waals surface area contributed by atoms with Crippen LogP contribution in [-0.2, 0) is 38.1 Å². The minimum Gasteiger partial charge on any atom is -0.382 e. The second-order valence-corrected chi connectivity index (χ2v) is 11.3. The lowest BCUT2D eigenvalue weighted by atomic mass is 10.0. The molecule has 0 amide bonds. The Hall–Kier alpha value is -1.35. The van der Waals surface area contributed by atoms with E-state index in [1.165, 1.54) is 12.7 Å². The van der Waals surface area contributed by atoms with Gasteiger partial charge in [-0.25, -0.2) is 33.0 Å². The predicted octanol–water partition coefficient (Wildman–Crippen LogP) is 0.843. The molecule has 2 aromatic rings. The second kappa shape index (κ2) is 8.78. The summed E-state index contributed by atoms with van der Waals surface area (Å²) in [7, 11) is -16.7. The van der Waals surface area contributed by atoms with Crippen LogP contribution >= 0.6 is 23.5 Å². The third kappa shape index (κ3) is 6.37. The predicted molar refractivity (Wildman–Crippen MR) is 102 cm³/mol. The number of hydrogen-bond acceptors (Lipinski definition) is 11. The first-order valence-electron chi connectivity index (χ1n) is 8.64. The molecular weight excluding hydrogens is 502 g/mol. The summed E-state index contributed by atoms with van der Waals surface area (Å²) in [5, 5.41) is 0. The number of ether oxygens (including phenoxy) is 1. The van der Waals surface area contributed by atoms with Gasteiger partial charge in [0.05, 0.1) is 19.0 Å². The lowest BCUT2D eigenvalue weighted by Gasteiger charge is -2.22. The van der Waals surface area contributed by atoms with Gasteiger partial charge in [-0.05, 0) is 5.92 Å². The molecule has 1 aliphatic heterocycles. The molecule has 3 heterocycles. The minimum atomic E-state index is -5.71. The molecule has 32 heavy (non-hydrogen) atoms. The molecule has 180 valence electrons. The van der Waals surface area contributed by atoms with E-state index in [4.69, 9.17) is 25.2 Å². The number of fused-ring (bicyclic) bond motifs is 1. The molecule has 0 aliphatic carbocycles. The summed E-state index contributed by atoms with van der Waals surface area (Å²) in [6.07, 6.45) is 1.61. The highest BCUT2D eigenvalue weighted by molar-refractivity contribution is 7.66. The minimum absolute atomic E-state index is 0.0923. The van der Waals surface area contributed by atoms with Crippen LogP contribution in [0.25, 0.3) is 11.2 Å². The van der Waals surface area contributed by atoms with Crippen molar-refractivity contribution in [3.8, 4) is 0 Å². The molecule has 1 saturated heterocycles. The number of alkyl halides is 1. The summed E-state index contributed by atoms with van der Waals surface area (Å²) < 4.78 is 67.2. The third-order valence-corrected chi connectivity index (χ3v) is 8.07. The highest BCUT2D eigenvalue weighted by atomic mass is 31.3. The van der Waals surface area contributed by atoms with Crippen molar-refractivity contribution in [2.75, 3.05) is 12.3 Å². The third-order valence-electron chi connectivity index (χ3n) is 4.29. The van der Waals surface area contributed by atoms with Gasteiger partial charge in [0.25, 0.3) is 0 Å². The van der Waals surface area contributed by atoms with Crippen LogP contribution in [0.5, 0.6) is 0 Å². The van der Waals surface area contributed by atoms with Gasteiger partial charge >= 0.3 is 23.5 Å². The van der Waals surface area contributed by atoms with Crippen molar-refractivity contribution >= 4 is 40.4 Å². The Labute approximate surface area is 179 Å². The first-order valence-corrected chi connectivity index (χ1v) is 13.2. The zero-order valence-electron chi connectivity index (χ0n) is 16.2. The second-order valence-electron chi connectivity index (χ2n) is 6.91. The van der Waals surface area contributed by atoms with Crippen LogP contribution in [0.4, 0.5) is 10.2 Å². The zero-order valence-corrected chi connectivity index (χ0v) is 18.8. The molecule has 0 radical (unpaired) electrons. The average molecular weight is 521 g/mol. The van der Waals surface area contributed by atoms with Gasteiger partial charge in [0, 0.05) is 6.42 Å². The molecular formula is C12H19FN5O11P3. The number of nitrogens with zero attached hydrogens (tertiary/aromatic N) is 4. The quantitative estimate of drug-likeness (QED) is 0.287. The molecule has 0 spiro atoms. The Bertz CT molecular complexity index is 1140. The molecule has 1 fully saturated rings. The normalized spacial score (nSPS) is 27.9. The smallest absolute Gasteiger partial charge is 0.382 e. The van der Waals surface area contributed by atoms with Crippen molar-refractivity contribution in [1.29, 1.82) is 0 Å². The van der Waals surface area contributed by atoms with E-state index in [-0.39, 0.29) is 18.8 Å². The monoisotopic (exact) mass is 521 g/mol. The topological polar surface area (TPSA) is 239 Å². The van der Waals surface area contributed by atoms with E-state index in [1.54, 1.807) is 11.5 Å². The van der Waals surface area contributed by atoms with Crippen molar-refractivity contribution in [3.63, 3.8) is 0 Å².